The summed E-state index contributed by atoms with van der Waals surface area (Å²) in [5.74, 6) is 0. The summed E-state index contributed by atoms with van der Waals surface area (Å²) in [7, 11) is 0. The zero-order chi connectivity index (χ0) is 35.5. The molecule has 248 valence electrons. The minimum atomic E-state index is 0.657. The molecule has 2 heterocycles. The first-order chi connectivity index (χ1) is 26.8. The molecule has 0 spiro atoms. The van der Waals surface area contributed by atoms with Crippen LogP contribution in [-0.2, 0) is 0 Å². The highest BCUT2D eigenvalue weighted by Crippen LogP contribution is 2.47. The monoisotopic (exact) mass is 683 g/mol. The third-order valence-corrected chi connectivity index (χ3v) is 11.7. The van der Waals surface area contributed by atoms with E-state index in [0.29, 0.717) is 5.56 Å². The van der Waals surface area contributed by atoms with Gasteiger partial charge in [-0.05, 0) is 118 Å². The fraction of sp³-hybridized carbons (Fsp3) is 0. The van der Waals surface area contributed by atoms with Gasteiger partial charge in [-0.3, -0.25) is 8.97 Å². The van der Waals surface area contributed by atoms with Crippen LogP contribution in [0, 0.1) is 11.3 Å². The normalized spacial score (nSPS) is 12.1. The fourth-order valence-electron chi connectivity index (χ4n) is 9.44. The number of benzene rings is 8. The maximum atomic E-state index is 9.76. The summed E-state index contributed by atoms with van der Waals surface area (Å²) in [6.45, 7) is 0. The van der Waals surface area contributed by atoms with E-state index in [9.17, 15) is 5.26 Å². The first-order valence-electron chi connectivity index (χ1n) is 18.4. The molecule has 2 aromatic heterocycles. The van der Waals surface area contributed by atoms with Crippen LogP contribution >= 0.6 is 0 Å². The summed E-state index contributed by atoms with van der Waals surface area (Å²) in [5, 5.41) is 25.7. The summed E-state index contributed by atoms with van der Waals surface area (Å²) < 4.78 is 4.67. The first-order valence-corrected chi connectivity index (χ1v) is 18.4. The van der Waals surface area contributed by atoms with Crippen LogP contribution in [-0.4, -0.2) is 8.97 Å². The van der Waals surface area contributed by atoms with E-state index in [2.05, 4.69) is 179 Å². The lowest BCUT2D eigenvalue weighted by molar-refractivity contribution is 1.15. The number of hydrogen-bond acceptors (Lipinski definition) is 1. The highest BCUT2D eigenvalue weighted by Gasteiger charge is 2.21. The van der Waals surface area contributed by atoms with Gasteiger partial charge in [0.05, 0.1) is 28.2 Å². The lowest BCUT2D eigenvalue weighted by atomic mass is 9.84. The lowest BCUT2D eigenvalue weighted by Crippen LogP contribution is -1.95. The van der Waals surface area contributed by atoms with Crippen molar-refractivity contribution in [3.8, 4) is 22.9 Å². The number of rotatable bonds is 1. The molecule has 0 amide bonds. The summed E-state index contributed by atoms with van der Waals surface area (Å²) >= 11 is 0. The van der Waals surface area contributed by atoms with Crippen molar-refractivity contribution in [3.63, 3.8) is 0 Å². The van der Waals surface area contributed by atoms with E-state index in [1.165, 1.54) is 75.8 Å². The van der Waals surface area contributed by atoms with Gasteiger partial charge in [0.1, 0.15) is 5.65 Å². The Balaban J connectivity index is 1.32. The van der Waals surface area contributed by atoms with E-state index >= 15 is 0 Å². The Bertz CT molecular complexity index is 3630. The van der Waals surface area contributed by atoms with Crippen LogP contribution in [0.1, 0.15) is 5.56 Å². The van der Waals surface area contributed by atoms with E-state index in [0.717, 1.165) is 33.3 Å². The van der Waals surface area contributed by atoms with Gasteiger partial charge in [0.15, 0.2) is 0 Å². The molecule has 10 aromatic rings. The molecule has 3 nitrogen and oxygen atoms in total. The van der Waals surface area contributed by atoms with Crippen molar-refractivity contribution in [2.45, 2.75) is 0 Å². The molecular weight excluding hydrogens is 655 g/mol. The Labute approximate surface area is 309 Å². The van der Waals surface area contributed by atoms with Gasteiger partial charge in [-0.15, -0.1) is 0 Å². The maximum absolute atomic E-state index is 9.76. The largest absolute Gasteiger partial charge is 0.294 e. The van der Waals surface area contributed by atoms with Crippen LogP contribution in [0.5, 0.6) is 0 Å². The highest BCUT2D eigenvalue weighted by molar-refractivity contribution is 6.31. The number of nitriles is 1. The molecule has 0 N–H and O–H groups in total. The minimum Gasteiger partial charge on any atom is -0.294 e. The number of aromatic nitrogens is 2. The molecule has 0 saturated heterocycles. The molecule has 2 aliphatic carbocycles. The molecule has 0 saturated carbocycles. The van der Waals surface area contributed by atoms with Gasteiger partial charge < -0.3 is 0 Å². The molecule has 0 fully saturated rings. The molecular formula is C51H29N3. The van der Waals surface area contributed by atoms with Crippen LogP contribution in [0.4, 0.5) is 0 Å². The number of fused-ring (bicyclic) bond motifs is 15. The van der Waals surface area contributed by atoms with Gasteiger partial charge in [-0.2, -0.15) is 5.26 Å². The second-order valence-corrected chi connectivity index (χ2v) is 14.4. The predicted octanol–water partition coefficient (Wildman–Crippen LogP) is 13.5. The van der Waals surface area contributed by atoms with E-state index in [-0.39, 0.29) is 0 Å². The fourth-order valence-corrected chi connectivity index (χ4v) is 9.44. The van der Waals surface area contributed by atoms with E-state index in [1.54, 1.807) is 0 Å². The standard InChI is InChI=1S/C51H29N3/c52-30-31-23-24-32-28-49-53(46-21-7-8-22-47(46)54(49)48(32)27-31)33-25-26-40-44-20-10-18-42-37-14-4-2-12-35(37)34-11-1-3-13-36(34)41-17-9-19-43(50(41)51(42)44)38-15-5-6-16-39(38)45(40)29-33/h1-29H. The minimum absolute atomic E-state index is 0.657. The Morgan fingerprint density at radius 2 is 0.815 bits per heavy atom. The third-order valence-electron chi connectivity index (χ3n) is 11.7. The smallest absolute Gasteiger partial charge is 0.123 e. The van der Waals surface area contributed by atoms with Gasteiger partial charge in [0, 0.05) is 11.1 Å². The van der Waals surface area contributed by atoms with Gasteiger partial charge in [-0.1, -0.05) is 133 Å². The Morgan fingerprint density at radius 3 is 1.37 bits per heavy atom. The molecule has 3 heteroatoms. The van der Waals surface area contributed by atoms with Gasteiger partial charge in [-0.25, -0.2) is 0 Å². The zero-order valence-corrected chi connectivity index (χ0v) is 29.1. The lowest BCUT2D eigenvalue weighted by Gasteiger charge is -2.19. The van der Waals surface area contributed by atoms with Crippen LogP contribution in [0.3, 0.4) is 0 Å². The second kappa shape index (κ2) is 10.8. The SMILES string of the molecule is N#Cc1ccc2cc3n(-c4ccc5c6cccc7c6-c6c(cccc6c6ccccc6c5c4)c4ccccc4c4ccccc74)c4ccccc4n3c2c1. The molecule has 8 aromatic carbocycles. The number of hydrogen-bond donors (Lipinski definition) is 0. The molecule has 0 aliphatic heterocycles. The Hall–Kier alpha value is -7.41. The first kappa shape index (κ1) is 29.2. The van der Waals surface area contributed by atoms with E-state index in [1.807, 2.05) is 12.1 Å². The second-order valence-electron chi connectivity index (χ2n) is 14.4. The van der Waals surface area contributed by atoms with Crippen molar-refractivity contribution in [1.82, 2.24) is 8.97 Å². The summed E-state index contributed by atoms with van der Waals surface area (Å²) in [6.07, 6.45) is 0. The Kier molecular flexibility index (Phi) is 5.84. The summed E-state index contributed by atoms with van der Waals surface area (Å²) in [4.78, 5) is 0. The van der Waals surface area contributed by atoms with E-state index < -0.39 is 0 Å². The molecule has 0 unspecified atom stereocenters. The van der Waals surface area contributed by atoms with Crippen LogP contribution < -0.4 is 0 Å². The van der Waals surface area contributed by atoms with E-state index in [4.69, 9.17) is 0 Å². The molecule has 0 atom stereocenters. The number of imidazole rings is 1. The third kappa shape index (κ3) is 3.84. The Morgan fingerprint density at radius 1 is 0.352 bits per heavy atom. The topological polar surface area (TPSA) is 33.1 Å². The quantitative estimate of drug-likeness (QED) is 0.170. The predicted molar refractivity (Wildman–Crippen MR) is 227 cm³/mol. The summed E-state index contributed by atoms with van der Waals surface area (Å²) in [5.41, 5.74) is 8.62. The van der Waals surface area contributed by atoms with Crippen LogP contribution in [0.15, 0.2) is 176 Å². The number of para-hydroxylation sites is 2. The van der Waals surface area contributed by atoms with Gasteiger partial charge >= 0.3 is 0 Å². The highest BCUT2D eigenvalue weighted by atomic mass is 15.1. The van der Waals surface area contributed by atoms with Crippen molar-refractivity contribution in [2.75, 3.05) is 0 Å². The zero-order valence-electron chi connectivity index (χ0n) is 29.1. The van der Waals surface area contributed by atoms with Gasteiger partial charge in [0.2, 0.25) is 0 Å². The molecule has 0 bridgehead atoms. The maximum Gasteiger partial charge on any atom is 0.123 e. The number of nitrogens with zero attached hydrogens (tertiary/aromatic N) is 3. The van der Waals surface area contributed by atoms with Crippen molar-refractivity contribution < 1.29 is 0 Å². The molecule has 2 aliphatic rings. The van der Waals surface area contributed by atoms with Crippen molar-refractivity contribution >= 4 is 92.2 Å². The van der Waals surface area contributed by atoms with Crippen molar-refractivity contribution in [2.24, 2.45) is 0 Å². The van der Waals surface area contributed by atoms with Crippen LogP contribution in [0.2, 0.25) is 0 Å². The van der Waals surface area contributed by atoms with Crippen molar-refractivity contribution in [1.29, 1.82) is 5.26 Å². The summed E-state index contributed by atoms with van der Waals surface area (Å²) in [6, 6.07) is 66.5. The molecule has 12 rings (SSSR count). The van der Waals surface area contributed by atoms with Gasteiger partial charge in [0.25, 0.3) is 0 Å². The molecule has 54 heavy (non-hydrogen) atoms. The molecule has 0 radical (unpaired) electrons. The van der Waals surface area contributed by atoms with Crippen LogP contribution in [0.25, 0.3) is 109 Å². The van der Waals surface area contributed by atoms with Crippen molar-refractivity contribution in [3.05, 3.63) is 181 Å². The average molecular weight is 684 g/mol. The average Bonchev–Trinajstić information content (AvgIpc) is 3.76.